The van der Waals surface area contributed by atoms with E-state index in [-0.39, 0.29) is 5.91 Å². The Morgan fingerprint density at radius 2 is 2.12 bits per heavy atom. The van der Waals surface area contributed by atoms with Crippen molar-refractivity contribution in [2.45, 2.75) is 6.04 Å². The smallest absolute Gasteiger partial charge is 0.247 e. The van der Waals surface area contributed by atoms with Gasteiger partial charge in [0.1, 0.15) is 11.6 Å². The fourth-order valence-corrected chi connectivity index (χ4v) is 1.67. The summed E-state index contributed by atoms with van der Waals surface area (Å²) in [7, 11) is 0. The molecule has 1 aromatic heterocycles. The van der Waals surface area contributed by atoms with Crippen molar-refractivity contribution in [1.82, 2.24) is 10.2 Å². The highest BCUT2D eigenvalue weighted by molar-refractivity contribution is 7.13. The Morgan fingerprint density at radius 1 is 1.38 bits per heavy atom. The molecule has 1 amide bonds. The van der Waals surface area contributed by atoms with E-state index in [1.165, 1.54) is 11.3 Å². The molecule has 0 aliphatic rings. The molecule has 0 radical (unpaired) electrons. The van der Waals surface area contributed by atoms with Crippen molar-refractivity contribution >= 4 is 22.4 Å². The van der Waals surface area contributed by atoms with E-state index in [2.05, 4.69) is 15.5 Å². The average Bonchev–Trinajstić information content (AvgIpc) is 2.82. The number of nitrogens with zero attached hydrogens (tertiary/aromatic N) is 2. The summed E-state index contributed by atoms with van der Waals surface area (Å²) in [5, 5.41) is 10.4. The maximum atomic E-state index is 11.7. The zero-order valence-corrected chi connectivity index (χ0v) is 9.15. The molecule has 5 nitrogen and oxygen atoms in total. The van der Waals surface area contributed by atoms with Crippen molar-refractivity contribution < 1.29 is 4.79 Å². The van der Waals surface area contributed by atoms with Gasteiger partial charge >= 0.3 is 0 Å². The number of amides is 1. The fourth-order valence-electron chi connectivity index (χ4n) is 1.22. The predicted molar refractivity (Wildman–Crippen MR) is 61.9 cm³/mol. The monoisotopic (exact) mass is 234 g/mol. The van der Waals surface area contributed by atoms with Crippen molar-refractivity contribution in [3.05, 3.63) is 41.4 Å². The van der Waals surface area contributed by atoms with Crippen molar-refractivity contribution in [2.75, 3.05) is 5.32 Å². The Hall–Kier alpha value is -1.79. The van der Waals surface area contributed by atoms with Crippen LogP contribution in [-0.2, 0) is 4.79 Å². The van der Waals surface area contributed by atoms with E-state index < -0.39 is 6.04 Å². The summed E-state index contributed by atoms with van der Waals surface area (Å²) in [5.74, 6) is -0.289. The molecular weight excluding hydrogens is 224 g/mol. The molecule has 16 heavy (non-hydrogen) atoms. The van der Waals surface area contributed by atoms with Gasteiger partial charge in [-0.2, -0.15) is 0 Å². The second-order valence-corrected chi connectivity index (χ2v) is 3.95. The van der Waals surface area contributed by atoms with Crippen molar-refractivity contribution in [1.29, 1.82) is 0 Å². The van der Waals surface area contributed by atoms with Gasteiger partial charge in [0, 0.05) is 0 Å². The molecule has 2 aromatic rings. The summed E-state index contributed by atoms with van der Waals surface area (Å²) in [4.78, 5) is 11.7. The van der Waals surface area contributed by atoms with Crippen molar-refractivity contribution in [3.8, 4) is 0 Å². The van der Waals surface area contributed by atoms with Gasteiger partial charge in [-0.15, -0.1) is 10.2 Å². The van der Waals surface area contributed by atoms with E-state index in [0.29, 0.717) is 5.13 Å². The van der Waals surface area contributed by atoms with E-state index >= 15 is 0 Å². The van der Waals surface area contributed by atoms with E-state index in [4.69, 9.17) is 5.73 Å². The molecule has 1 atom stereocenters. The number of rotatable bonds is 3. The van der Waals surface area contributed by atoms with Gasteiger partial charge in [-0.3, -0.25) is 10.1 Å². The number of carbonyl (C=O) groups is 1. The molecule has 1 aromatic carbocycles. The third kappa shape index (κ3) is 2.41. The lowest BCUT2D eigenvalue weighted by Gasteiger charge is -2.10. The van der Waals surface area contributed by atoms with E-state index in [9.17, 15) is 4.79 Å². The first kappa shape index (κ1) is 10.7. The maximum Gasteiger partial charge on any atom is 0.247 e. The van der Waals surface area contributed by atoms with Crippen LogP contribution in [0.1, 0.15) is 11.6 Å². The molecule has 0 spiro atoms. The van der Waals surface area contributed by atoms with Gasteiger partial charge < -0.3 is 5.73 Å². The summed E-state index contributed by atoms with van der Waals surface area (Å²) in [6.07, 6.45) is 0. The van der Waals surface area contributed by atoms with Crippen LogP contribution in [0.25, 0.3) is 0 Å². The Balaban J connectivity index is 2.05. The zero-order valence-electron chi connectivity index (χ0n) is 8.33. The zero-order chi connectivity index (χ0) is 11.4. The van der Waals surface area contributed by atoms with Gasteiger partial charge in [-0.1, -0.05) is 41.7 Å². The highest BCUT2D eigenvalue weighted by Gasteiger charge is 2.16. The third-order valence-corrected chi connectivity index (χ3v) is 2.64. The minimum atomic E-state index is -0.690. The topological polar surface area (TPSA) is 80.9 Å². The van der Waals surface area contributed by atoms with E-state index in [1.807, 2.05) is 30.3 Å². The molecule has 82 valence electrons. The van der Waals surface area contributed by atoms with E-state index in [1.54, 1.807) is 5.51 Å². The third-order valence-electron chi connectivity index (χ3n) is 2.03. The Morgan fingerprint density at radius 3 is 2.75 bits per heavy atom. The lowest BCUT2D eigenvalue weighted by atomic mass is 10.1. The van der Waals surface area contributed by atoms with Crippen LogP contribution in [0.5, 0.6) is 0 Å². The van der Waals surface area contributed by atoms with Gasteiger partial charge in [-0.25, -0.2) is 0 Å². The molecule has 0 saturated heterocycles. The lowest BCUT2D eigenvalue weighted by molar-refractivity contribution is -0.117. The fraction of sp³-hybridized carbons (Fsp3) is 0.100. The van der Waals surface area contributed by atoms with Crippen molar-refractivity contribution in [3.63, 3.8) is 0 Å². The first-order valence-corrected chi connectivity index (χ1v) is 5.53. The second-order valence-electron chi connectivity index (χ2n) is 3.12. The van der Waals surface area contributed by atoms with Crippen LogP contribution >= 0.6 is 11.3 Å². The summed E-state index contributed by atoms with van der Waals surface area (Å²) >= 11 is 1.25. The molecule has 3 N–H and O–H groups in total. The first-order valence-electron chi connectivity index (χ1n) is 4.65. The number of nitrogens with two attached hydrogens (primary N) is 1. The number of benzene rings is 1. The minimum Gasteiger partial charge on any atom is -0.316 e. The van der Waals surface area contributed by atoms with E-state index in [0.717, 1.165) is 5.56 Å². The Labute approximate surface area is 96.3 Å². The molecule has 0 fully saturated rings. The number of anilines is 1. The molecule has 0 bridgehead atoms. The predicted octanol–water partition coefficient (Wildman–Crippen LogP) is 1.18. The van der Waals surface area contributed by atoms with Crippen molar-refractivity contribution in [2.24, 2.45) is 5.73 Å². The van der Waals surface area contributed by atoms with Gasteiger partial charge in [0.15, 0.2) is 0 Å². The van der Waals surface area contributed by atoms with Crippen LogP contribution in [0.4, 0.5) is 5.13 Å². The Kier molecular flexibility index (Phi) is 3.23. The highest BCUT2D eigenvalue weighted by atomic mass is 32.1. The van der Waals surface area contributed by atoms with Gasteiger partial charge in [-0.05, 0) is 5.56 Å². The number of hydrogen-bond donors (Lipinski definition) is 2. The standard InChI is InChI=1S/C10H10N4OS/c11-8(7-4-2-1-3-5-7)9(15)13-10-14-12-6-16-10/h1-6,8H,11H2,(H,13,14,15)/t8-/m0/s1. The molecule has 0 saturated carbocycles. The van der Waals surface area contributed by atoms with Gasteiger partial charge in [0.05, 0.1) is 0 Å². The van der Waals surface area contributed by atoms with Gasteiger partial charge in [0.2, 0.25) is 11.0 Å². The number of aromatic nitrogens is 2. The van der Waals surface area contributed by atoms with Gasteiger partial charge in [0.25, 0.3) is 0 Å². The molecule has 1 heterocycles. The van der Waals surface area contributed by atoms with Crippen LogP contribution in [0.3, 0.4) is 0 Å². The number of nitrogens with one attached hydrogen (secondary N) is 1. The molecule has 0 unspecified atom stereocenters. The van der Waals surface area contributed by atoms with Crippen LogP contribution in [-0.4, -0.2) is 16.1 Å². The number of hydrogen-bond acceptors (Lipinski definition) is 5. The molecule has 2 rings (SSSR count). The second kappa shape index (κ2) is 4.82. The van der Waals surface area contributed by atoms with Crippen LogP contribution in [0, 0.1) is 0 Å². The quantitative estimate of drug-likeness (QED) is 0.835. The SMILES string of the molecule is N[C@H](C(=O)Nc1nncs1)c1ccccc1. The highest BCUT2D eigenvalue weighted by Crippen LogP contribution is 2.14. The molecule has 0 aliphatic heterocycles. The maximum absolute atomic E-state index is 11.7. The first-order chi connectivity index (χ1) is 7.77. The summed E-state index contributed by atoms with van der Waals surface area (Å²) < 4.78 is 0. The summed E-state index contributed by atoms with van der Waals surface area (Å²) in [5.41, 5.74) is 8.11. The minimum absolute atomic E-state index is 0.289. The number of carbonyl (C=O) groups excluding carboxylic acids is 1. The molecule has 6 heteroatoms. The summed E-state index contributed by atoms with van der Waals surface area (Å²) in [6, 6.07) is 8.49. The van der Waals surface area contributed by atoms with Crippen LogP contribution < -0.4 is 11.1 Å². The summed E-state index contributed by atoms with van der Waals surface area (Å²) in [6.45, 7) is 0. The lowest BCUT2D eigenvalue weighted by Crippen LogP contribution is -2.27. The largest absolute Gasteiger partial charge is 0.316 e. The normalized spacial score (nSPS) is 12.1. The average molecular weight is 234 g/mol. The molecule has 0 aliphatic carbocycles. The molecular formula is C10H10N4OS. The van der Waals surface area contributed by atoms with Crippen LogP contribution in [0.2, 0.25) is 0 Å². The van der Waals surface area contributed by atoms with Crippen LogP contribution in [0.15, 0.2) is 35.8 Å². The Bertz CT molecular complexity index is 457.